The fraction of sp³-hybridized carbons (Fsp3) is 0.278. The number of fused-ring (bicyclic) bond motifs is 1. The van der Waals surface area contributed by atoms with Crippen LogP contribution in [0.3, 0.4) is 0 Å². The minimum absolute atomic E-state index is 0.223. The zero-order valence-electron chi connectivity index (χ0n) is 13.2. The lowest BCUT2D eigenvalue weighted by molar-refractivity contribution is 0.251. The summed E-state index contributed by atoms with van der Waals surface area (Å²) in [5, 5.41) is 9.14. The molecule has 0 radical (unpaired) electrons. The maximum atomic E-state index is 12.1. The van der Waals surface area contributed by atoms with Crippen LogP contribution in [0.25, 0.3) is 0 Å². The van der Waals surface area contributed by atoms with Crippen molar-refractivity contribution in [1.82, 2.24) is 5.32 Å². The monoisotopic (exact) mass is 311 g/mol. The van der Waals surface area contributed by atoms with E-state index in [0.29, 0.717) is 18.0 Å². The highest BCUT2D eigenvalue weighted by Gasteiger charge is 2.12. The summed E-state index contributed by atoms with van der Waals surface area (Å²) in [5.74, 6) is 0.714. The molecule has 0 aromatic heterocycles. The second-order valence-electron chi connectivity index (χ2n) is 5.51. The Balaban J connectivity index is 1.61. The molecule has 0 bridgehead atoms. The highest BCUT2D eigenvalue weighted by Crippen LogP contribution is 2.25. The molecule has 0 atom stereocenters. The Hall–Kier alpha value is -2.69. The van der Waals surface area contributed by atoms with Crippen molar-refractivity contribution in [3.05, 3.63) is 53.6 Å². The first-order valence-electron chi connectivity index (χ1n) is 7.80. The first-order chi connectivity index (χ1) is 11.3. The zero-order valence-corrected chi connectivity index (χ0v) is 13.2. The molecule has 2 amide bonds. The molecule has 2 aromatic rings. The van der Waals surface area contributed by atoms with Gasteiger partial charge in [0.05, 0.1) is 7.11 Å². The van der Waals surface area contributed by atoms with Gasteiger partial charge in [-0.3, -0.25) is 0 Å². The van der Waals surface area contributed by atoms with Crippen LogP contribution in [0.2, 0.25) is 0 Å². The number of amides is 2. The molecule has 3 rings (SSSR count). The Morgan fingerprint density at radius 1 is 1.26 bits per heavy atom. The van der Waals surface area contributed by atoms with Crippen LogP contribution in [0.4, 0.5) is 16.2 Å². The molecule has 1 aliphatic heterocycles. The van der Waals surface area contributed by atoms with E-state index >= 15 is 0 Å². The summed E-state index contributed by atoms with van der Waals surface area (Å²) in [6.07, 6.45) is 2.18. The summed E-state index contributed by atoms with van der Waals surface area (Å²) in [5.41, 5.74) is 4.36. The van der Waals surface area contributed by atoms with Gasteiger partial charge in [0.2, 0.25) is 0 Å². The molecule has 2 aromatic carbocycles. The molecule has 1 heterocycles. The second kappa shape index (κ2) is 7.05. The van der Waals surface area contributed by atoms with Crippen molar-refractivity contribution in [2.45, 2.75) is 19.4 Å². The van der Waals surface area contributed by atoms with Gasteiger partial charge in [-0.05, 0) is 42.2 Å². The number of ether oxygens (including phenoxy) is 1. The molecule has 5 nitrogen and oxygen atoms in total. The van der Waals surface area contributed by atoms with Gasteiger partial charge in [0.1, 0.15) is 5.75 Å². The number of urea groups is 1. The zero-order chi connectivity index (χ0) is 16.1. The average molecular weight is 311 g/mol. The predicted molar refractivity (Wildman–Crippen MR) is 92.1 cm³/mol. The van der Waals surface area contributed by atoms with Gasteiger partial charge in [0, 0.05) is 30.5 Å². The largest absolute Gasteiger partial charge is 0.497 e. The van der Waals surface area contributed by atoms with Crippen LogP contribution in [0.1, 0.15) is 17.5 Å². The van der Waals surface area contributed by atoms with Crippen molar-refractivity contribution >= 4 is 17.4 Å². The summed E-state index contributed by atoms with van der Waals surface area (Å²) < 4.78 is 5.15. The van der Waals surface area contributed by atoms with Gasteiger partial charge in [-0.2, -0.15) is 0 Å². The highest BCUT2D eigenvalue weighted by atomic mass is 16.5. The number of carbonyl (C=O) groups is 1. The van der Waals surface area contributed by atoms with Crippen LogP contribution < -0.4 is 20.7 Å². The van der Waals surface area contributed by atoms with Crippen LogP contribution in [0, 0.1) is 0 Å². The number of carbonyl (C=O) groups excluding carboxylic acids is 1. The first kappa shape index (κ1) is 15.2. The fourth-order valence-corrected chi connectivity index (χ4v) is 2.80. The third-order valence-electron chi connectivity index (χ3n) is 3.96. The van der Waals surface area contributed by atoms with E-state index in [0.717, 1.165) is 24.9 Å². The van der Waals surface area contributed by atoms with E-state index in [1.54, 1.807) is 13.2 Å². The molecule has 120 valence electrons. The van der Waals surface area contributed by atoms with Crippen LogP contribution in [0.5, 0.6) is 5.75 Å². The molecule has 0 unspecified atom stereocenters. The smallest absolute Gasteiger partial charge is 0.319 e. The normalized spacial score (nSPS) is 12.7. The summed E-state index contributed by atoms with van der Waals surface area (Å²) in [6.45, 7) is 1.53. The van der Waals surface area contributed by atoms with Gasteiger partial charge in [0.25, 0.3) is 0 Å². The number of anilines is 2. The summed E-state index contributed by atoms with van der Waals surface area (Å²) >= 11 is 0. The molecule has 0 spiro atoms. The van der Waals surface area contributed by atoms with Crippen LogP contribution >= 0.6 is 0 Å². The van der Waals surface area contributed by atoms with E-state index in [1.165, 1.54) is 11.3 Å². The van der Waals surface area contributed by atoms with E-state index in [1.807, 2.05) is 24.3 Å². The quantitative estimate of drug-likeness (QED) is 0.811. The molecule has 1 aliphatic rings. The lowest BCUT2D eigenvalue weighted by Gasteiger charge is -2.21. The minimum Gasteiger partial charge on any atom is -0.497 e. The number of hydrogen-bond acceptors (Lipinski definition) is 3. The SMILES string of the molecule is COc1cccc(NC(=O)NCc2cccc3c2CCCN3)c1. The van der Waals surface area contributed by atoms with Crippen molar-refractivity contribution < 1.29 is 9.53 Å². The maximum Gasteiger partial charge on any atom is 0.319 e. The molecule has 0 saturated carbocycles. The van der Waals surface area contributed by atoms with Gasteiger partial charge in [-0.1, -0.05) is 18.2 Å². The molecule has 5 heteroatoms. The van der Waals surface area contributed by atoms with E-state index in [-0.39, 0.29) is 6.03 Å². The Morgan fingerprint density at radius 2 is 2.13 bits per heavy atom. The maximum absolute atomic E-state index is 12.1. The van der Waals surface area contributed by atoms with E-state index in [9.17, 15) is 4.79 Å². The van der Waals surface area contributed by atoms with Crippen molar-refractivity contribution in [2.24, 2.45) is 0 Å². The van der Waals surface area contributed by atoms with E-state index < -0.39 is 0 Å². The molecule has 0 aliphatic carbocycles. The standard InChI is InChI=1S/C18H21N3O2/c1-23-15-7-3-6-14(11-15)21-18(22)20-12-13-5-2-9-17-16(13)8-4-10-19-17/h2-3,5-7,9,11,19H,4,8,10,12H2,1H3,(H2,20,21,22). The second-order valence-corrected chi connectivity index (χ2v) is 5.51. The van der Waals surface area contributed by atoms with Gasteiger partial charge < -0.3 is 20.7 Å². The van der Waals surface area contributed by atoms with Crippen molar-refractivity contribution in [1.29, 1.82) is 0 Å². The number of benzene rings is 2. The fourth-order valence-electron chi connectivity index (χ4n) is 2.80. The lowest BCUT2D eigenvalue weighted by Crippen LogP contribution is -2.29. The van der Waals surface area contributed by atoms with Gasteiger partial charge in [-0.15, -0.1) is 0 Å². The summed E-state index contributed by atoms with van der Waals surface area (Å²) in [6, 6.07) is 13.3. The Kier molecular flexibility index (Phi) is 4.66. The molecular weight excluding hydrogens is 290 g/mol. The van der Waals surface area contributed by atoms with Gasteiger partial charge in [-0.25, -0.2) is 4.79 Å². The molecule has 3 N–H and O–H groups in total. The van der Waals surface area contributed by atoms with Crippen molar-refractivity contribution in [3.8, 4) is 5.75 Å². The van der Waals surface area contributed by atoms with Crippen LogP contribution in [-0.4, -0.2) is 19.7 Å². The van der Waals surface area contributed by atoms with E-state index in [4.69, 9.17) is 4.74 Å². The molecule has 23 heavy (non-hydrogen) atoms. The predicted octanol–water partition coefficient (Wildman–Crippen LogP) is 3.38. The minimum atomic E-state index is -0.223. The number of rotatable bonds is 4. The first-order valence-corrected chi connectivity index (χ1v) is 7.80. The Labute approximate surface area is 136 Å². The molecular formula is C18H21N3O2. The lowest BCUT2D eigenvalue weighted by atomic mass is 9.97. The van der Waals surface area contributed by atoms with E-state index in [2.05, 4.69) is 28.1 Å². The third kappa shape index (κ3) is 3.74. The number of methoxy groups -OCH3 is 1. The van der Waals surface area contributed by atoms with Crippen molar-refractivity contribution in [2.75, 3.05) is 24.3 Å². The average Bonchev–Trinajstić information content (AvgIpc) is 2.60. The Morgan fingerprint density at radius 3 is 3.00 bits per heavy atom. The van der Waals surface area contributed by atoms with Gasteiger partial charge in [0.15, 0.2) is 0 Å². The number of nitrogens with one attached hydrogen (secondary N) is 3. The topological polar surface area (TPSA) is 62.4 Å². The van der Waals surface area contributed by atoms with Crippen LogP contribution in [-0.2, 0) is 13.0 Å². The molecule has 0 saturated heterocycles. The van der Waals surface area contributed by atoms with Crippen molar-refractivity contribution in [3.63, 3.8) is 0 Å². The van der Waals surface area contributed by atoms with Crippen LogP contribution in [0.15, 0.2) is 42.5 Å². The summed E-state index contributed by atoms with van der Waals surface area (Å²) in [7, 11) is 1.60. The van der Waals surface area contributed by atoms with Gasteiger partial charge >= 0.3 is 6.03 Å². The summed E-state index contributed by atoms with van der Waals surface area (Å²) in [4.78, 5) is 12.1. The highest BCUT2D eigenvalue weighted by molar-refractivity contribution is 5.89. The third-order valence-corrected chi connectivity index (χ3v) is 3.96. The Bertz CT molecular complexity index is 700. The number of hydrogen-bond donors (Lipinski definition) is 3. The molecule has 0 fully saturated rings.